The van der Waals surface area contributed by atoms with Gasteiger partial charge in [-0.05, 0) is 32.0 Å². The Morgan fingerprint density at radius 1 is 1.30 bits per heavy atom. The maximum Gasteiger partial charge on any atom is 0.318 e. The van der Waals surface area contributed by atoms with Gasteiger partial charge in [-0.15, -0.1) is 10.2 Å². The van der Waals surface area contributed by atoms with Crippen molar-refractivity contribution < 1.29 is 14.0 Å². The Balaban J connectivity index is 1.93. The zero-order valence-corrected chi connectivity index (χ0v) is 15.7. The van der Waals surface area contributed by atoms with Crippen LogP contribution in [-0.4, -0.2) is 32.0 Å². The standard InChI is InChI=1S/C18H19N5O3S/c1-11-5-3-6-13(9-11)15-21-22-18(23(15)10-14-7-4-8-26-14)27-12(2)16(24)20-17(19)25/h3-9,12H,10H2,1-2H3,(H3,19,20,24,25). The van der Waals surface area contributed by atoms with Crippen molar-refractivity contribution in [2.24, 2.45) is 5.73 Å². The Morgan fingerprint density at radius 2 is 2.11 bits per heavy atom. The van der Waals surface area contributed by atoms with Crippen LogP contribution in [0.4, 0.5) is 4.79 Å². The summed E-state index contributed by atoms with van der Waals surface area (Å²) >= 11 is 1.19. The number of hydrogen-bond donors (Lipinski definition) is 2. The number of nitrogens with two attached hydrogens (primary N) is 1. The summed E-state index contributed by atoms with van der Waals surface area (Å²) in [5, 5.41) is 10.6. The van der Waals surface area contributed by atoms with Crippen molar-refractivity contribution in [2.75, 3.05) is 0 Å². The summed E-state index contributed by atoms with van der Waals surface area (Å²) in [5.74, 6) is 0.914. The topological polar surface area (TPSA) is 116 Å². The van der Waals surface area contributed by atoms with Crippen molar-refractivity contribution in [3.8, 4) is 11.4 Å². The number of carbonyl (C=O) groups excluding carboxylic acids is 2. The molecule has 0 aliphatic heterocycles. The molecule has 2 heterocycles. The molecule has 0 fully saturated rings. The first-order valence-electron chi connectivity index (χ1n) is 8.23. The van der Waals surface area contributed by atoms with Gasteiger partial charge >= 0.3 is 6.03 Å². The first kappa shape index (κ1) is 18.7. The second-order valence-electron chi connectivity index (χ2n) is 5.95. The molecule has 2 aromatic heterocycles. The molecule has 0 aliphatic carbocycles. The monoisotopic (exact) mass is 385 g/mol. The van der Waals surface area contributed by atoms with Gasteiger partial charge in [-0.3, -0.25) is 14.7 Å². The SMILES string of the molecule is Cc1cccc(-c2nnc(SC(C)C(=O)NC(N)=O)n2Cc2ccco2)c1. The van der Waals surface area contributed by atoms with E-state index in [1.807, 2.05) is 47.9 Å². The smallest absolute Gasteiger partial charge is 0.318 e. The van der Waals surface area contributed by atoms with E-state index in [1.54, 1.807) is 13.2 Å². The van der Waals surface area contributed by atoms with Crippen molar-refractivity contribution >= 4 is 23.7 Å². The number of thioether (sulfide) groups is 1. The van der Waals surface area contributed by atoms with Crippen LogP contribution < -0.4 is 11.1 Å². The van der Waals surface area contributed by atoms with Crippen molar-refractivity contribution in [1.29, 1.82) is 0 Å². The molecule has 3 aromatic rings. The molecule has 0 radical (unpaired) electrons. The predicted octanol–water partition coefficient (Wildman–Crippen LogP) is 2.57. The number of primary amides is 1. The number of amides is 3. The fourth-order valence-electron chi connectivity index (χ4n) is 2.51. The maximum atomic E-state index is 12.0. The Kier molecular flexibility index (Phi) is 5.60. The van der Waals surface area contributed by atoms with Gasteiger partial charge in [0.2, 0.25) is 5.91 Å². The predicted molar refractivity (Wildman–Crippen MR) is 101 cm³/mol. The highest BCUT2D eigenvalue weighted by Gasteiger charge is 2.22. The molecule has 8 nitrogen and oxygen atoms in total. The van der Waals surface area contributed by atoms with E-state index < -0.39 is 17.2 Å². The number of hydrogen-bond acceptors (Lipinski definition) is 6. The number of urea groups is 1. The van der Waals surface area contributed by atoms with E-state index >= 15 is 0 Å². The van der Waals surface area contributed by atoms with Crippen molar-refractivity contribution in [1.82, 2.24) is 20.1 Å². The van der Waals surface area contributed by atoms with Gasteiger partial charge in [-0.2, -0.15) is 0 Å². The van der Waals surface area contributed by atoms with Gasteiger partial charge in [0.05, 0.1) is 18.1 Å². The lowest BCUT2D eigenvalue weighted by Gasteiger charge is -2.12. The highest BCUT2D eigenvalue weighted by atomic mass is 32.2. The van der Waals surface area contributed by atoms with Gasteiger partial charge in [-0.25, -0.2) is 4.79 Å². The highest BCUT2D eigenvalue weighted by Crippen LogP contribution is 2.28. The van der Waals surface area contributed by atoms with E-state index in [-0.39, 0.29) is 0 Å². The average molecular weight is 385 g/mol. The molecule has 0 aliphatic rings. The van der Waals surface area contributed by atoms with Crippen LogP contribution in [0.1, 0.15) is 18.2 Å². The van der Waals surface area contributed by atoms with Crippen LogP contribution in [0.3, 0.4) is 0 Å². The van der Waals surface area contributed by atoms with Crippen LogP contribution in [0, 0.1) is 6.92 Å². The third-order valence-electron chi connectivity index (χ3n) is 3.78. The summed E-state index contributed by atoms with van der Waals surface area (Å²) in [6, 6.07) is 10.7. The number of furan rings is 1. The number of carbonyl (C=O) groups is 2. The number of aromatic nitrogens is 3. The zero-order chi connectivity index (χ0) is 19.4. The van der Waals surface area contributed by atoms with Crippen LogP contribution in [0.25, 0.3) is 11.4 Å². The number of rotatable bonds is 6. The lowest BCUT2D eigenvalue weighted by atomic mass is 10.1. The molecule has 140 valence electrons. The Bertz CT molecular complexity index is 952. The van der Waals surface area contributed by atoms with Crippen LogP contribution in [0.5, 0.6) is 0 Å². The molecular formula is C18H19N5O3S. The molecule has 3 N–H and O–H groups in total. The molecule has 0 spiro atoms. The van der Waals surface area contributed by atoms with E-state index in [1.165, 1.54) is 11.8 Å². The average Bonchev–Trinajstić information content (AvgIpc) is 3.25. The lowest BCUT2D eigenvalue weighted by Crippen LogP contribution is -2.39. The molecular weight excluding hydrogens is 366 g/mol. The Morgan fingerprint density at radius 3 is 2.78 bits per heavy atom. The summed E-state index contributed by atoms with van der Waals surface area (Å²) < 4.78 is 7.34. The summed E-state index contributed by atoms with van der Waals surface area (Å²) in [5.41, 5.74) is 7.03. The molecule has 0 bridgehead atoms. The first-order chi connectivity index (χ1) is 12.9. The molecule has 0 saturated carbocycles. The van der Waals surface area contributed by atoms with E-state index in [4.69, 9.17) is 10.2 Å². The van der Waals surface area contributed by atoms with Crippen LogP contribution in [0.2, 0.25) is 0 Å². The minimum Gasteiger partial charge on any atom is -0.467 e. The van der Waals surface area contributed by atoms with Crippen molar-refractivity contribution in [3.05, 3.63) is 54.0 Å². The maximum absolute atomic E-state index is 12.0. The molecule has 1 atom stereocenters. The summed E-state index contributed by atoms with van der Waals surface area (Å²) in [7, 11) is 0. The molecule has 0 saturated heterocycles. The zero-order valence-electron chi connectivity index (χ0n) is 14.9. The minimum absolute atomic E-state index is 0.412. The van der Waals surface area contributed by atoms with Gasteiger partial charge in [0.25, 0.3) is 0 Å². The lowest BCUT2D eigenvalue weighted by molar-refractivity contribution is -0.119. The van der Waals surface area contributed by atoms with Gasteiger partial charge in [0.1, 0.15) is 5.76 Å². The van der Waals surface area contributed by atoms with Crippen LogP contribution >= 0.6 is 11.8 Å². The number of benzene rings is 1. The summed E-state index contributed by atoms with van der Waals surface area (Å²) in [6.45, 7) is 4.08. The largest absolute Gasteiger partial charge is 0.467 e. The third kappa shape index (κ3) is 4.56. The first-order valence-corrected chi connectivity index (χ1v) is 9.11. The normalized spacial score (nSPS) is 11.9. The van der Waals surface area contributed by atoms with E-state index in [0.29, 0.717) is 17.5 Å². The number of imide groups is 1. The third-order valence-corrected chi connectivity index (χ3v) is 4.87. The number of aryl methyl sites for hydroxylation is 1. The summed E-state index contributed by atoms with van der Waals surface area (Å²) in [6.07, 6.45) is 1.60. The highest BCUT2D eigenvalue weighted by molar-refractivity contribution is 8.00. The van der Waals surface area contributed by atoms with Gasteiger partial charge in [0.15, 0.2) is 11.0 Å². The second-order valence-corrected chi connectivity index (χ2v) is 7.26. The number of nitrogens with one attached hydrogen (secondary N) is 1. The van der Waals surface area contributed by atoms with Gasteiger partial charge in [-0.1, -0.05) is 35.5 Å². The van der Waals surface area contributed by atoms with Crippen molar-refractivity contribution in [2.45, 2.75) is 30.8 Å². The fourth-order valence-corrected chi connectivity index (χ4v) is 3.36. The Hall–Kier alpha value is -3.07. The van der Waals surface area contributed by atoms with E-state index in [9.17, 15) is 9.59 Å². The molecule has 9 heteroatoms. The second kappa shape index (κ2) is 8.09. The summed E-state index contributed by atoms with van der Waals surface area (Å²) in [4.78, 5) is 22.9. The molecule has 1 unspecified atom stereocenters. The van der Waals surface area contributed by atoms with Crippen LogP contribution in [0.15, 0.2) is 52.2 Å². The van der Waals surface area contributed by atoms with Gasteiger partial charge in [0, 0.05) is 5.56 Å². The van der Waals surface area contributed by atoms with Crippen LogP contribution in [-0.2, 0) is 11.3 Å². The Labute approximate surface area is 160 Å². The van der Waals surface area contributed by atoms with Gasteiger partial charge < -0.3 is 10.2 Å². The molecule has 3 amide bonds. The number of nitrogens with zero attached hydrogens (tertiary/aromatic N) is 3. The van der Waals surface area contributed by atoms with E-state index in [0.717, 1.165) is 16.9 Å². The van der Waals surface area contributed by atoms with E-state index in [2.05, 4.69) is 15.5 Å². The van der Waals surface area contributed by atoms with Crippen molar-refractivity contribution in [3.63, 3.8) is 0 Å². The minimum atomic E-state index is -0.884. The molecule has 1 aromatic carbocycles. The molecule has 27 heavy (non-hydrogen) atoms. The molecule has 3 rings (SSSR count). The quantitative estimate of drug-likeness (QED) is 0.630. The fraction of sp³-hybridized carbons (Fsp3) is 0.222.